The van der Waals surface area contributed by atoms with E-state index in [0.29, 0.717) is 30.0 Å². The van der Waals surface area contributed by atoms with Crippen LogP contribution >= 0.6 is 0 Å². The van der Waals surface area contributed by atoms with Crippen molar-refractivity contribution in [3.63, 3.8) is 0 Å². The molecule has 0 bridgehead atoms. The van der Waals surface area contributed by atoms with Gasteiger partial charge in [0.25, 0.3) is 5.91 Å². The van der Waals surface area contributed by atoms with Crippen LogP contribution in [0.1, 0.15) is 43.0 Å². The Labute approximate surface area is 131 Å². The van der Waals surface area contributed by atoms with Crippen molar-refractivity contribution in [3.8, 4) is 0 Å². The number of carbonyl (C=O) groups is 2. The normalized spacial score (nSPS) is 15.2. The fourth-order valence-electron chi connectivity index (χ4n) is 2.64. The molecule has 0 aromatic heterocycles. The highest BCUT2D eigenvalue weighted by Crippen LogP contribution is 2.34. The highest BCUT2D eigenvalue weighted by atomic mass is 16.3. The van der Waals surface area contributed by atoms with Crippen molar-refractivity contribution < 1.29 is 14.7 Å². The molecule has 5 heteroatoms. The molecule has 1 saturated carbocycles. The quantitative estimate of drug-likeness (QED) is 0.809. The number of nitrogens with zero attached hydrogens (tertiary/aromatic N) is 1. The second-order valence-electron chi connectivity index (χ2n) is 5.75. The van der Waals surface area contributed by atoms with Crippen LogP contribution in [0, 0.1) is 5.92 Å². The highest BCUT2D eigenvalue weighted by molar-refractivity contribution is 6.04. The summed E-state index contributed by atoms with van der Waals surface area (Å²) in [6, 6.07) is 7.13. The maximum absolute atomic E-state index is 12.6. The SMILES string of the molecule is CCC(=O)N(C)c1ccccc1C(=O)NC(CCO)C1CC1. The third-order valence-corrected chi connectivity index (χ3v) is 4.13. The molecular formula is C17H24N2O3. The second kappa shape index (κ2) is 7.40. The third-order valence-electron chi connectivity index (χ3n) is 4.13. The first-order valence-corrected chi connectivity index (χ1v) is 7.85. The predicted octanol–water partition coefficient (Wildman–Crippen LogP) is 1.95. The van der Waals surface area contributed by atoms with Gasteiger partial charge in [0.15, 0.2) is 0 Å². The number of benzene rings is 1. The van der Waals surface area contributed by atoms with Crippen LogP contribution in [0.2, 0.25) is 0 Å². The van der Waals surface area contributed by atoms with E-state index in [1.165, 1.54) is 4.90 Å². The number of hydrogen-bond donors (Lipinski definition) is 2. The molecule has 0 aliphatic heterocycles. The lowest BCUT2D eigenvalue weighted by molar-refractivity contribution is -0.118. The van der Waals surface area contributed by atoms with Gasteiger partial charge in [0.2, 0.25) is 5.91 Å². The van der Waals surface area contributed by atoms with Gasteiger partial charge in [-0.15, -0.1) is 0 Å². The summed E-state index contributed by atoms with van der Waals surface area (Å²) in [6.45, 7) is 1.86. The van der Waals surface area contributed by atoms with Crippen molar-refractivity contribution in [3.05, 3.63) is 29.8 Å². The standard InChI is InChI=1S/C17H24N2O3/c1-3-16(21)19(2)15-7-5-4-6-13(15)17(22)18-14(10-11-20)12-8-9-12/h4-7,12,14,20H,3,8-11H2,1-2H3,(H,18,22). The van der Waals surface area contributed by atoms with E-state index in [1.54, 1.807) is 32.2 Å². The maximum atomic E-state index is 12.6. The first kappa shape index (κ1) is 16.5. The largest absolute Gasteiger partial charge is 0.396 e. The van der Waals surface area contributed by atoms with Crippen LogP contribution < -0.4 is 10.2 Å². The van der Waals surface area contributed by atoms with E-state index in [4.69, 9.17) is 5.11 Å². The Hall–Kier alpha value is -1.88. The summed E-state index contributed by atoms with van der Waals surface area (Å²) < 4.78 is 0. The fourth-order valence-corrected chi connectivity index (χ4v) is 2.64. The van der Waals surface area contributed by atoms with E-state index in [1.807, 2.05) is 6.07 Å². The summed E-state index contributed by atoms with van der Waals surface area (Å²) in [5.41, 5.74) is 1.11. The molecule has 0 spiro atoms. The molecule has 0 heterocycles. The summed E-state index contributed by atoms with van der Waals surface area (Å²) in [5.74, 6) is 0.254. The van der Waals surface area contributed by atoms with Crippen LogP contribution in [0.3, 0.4) is 0 Å². The number of aliphatic hydroxyl groups is 1. The van der Waals surface area contributed by atoms with Gasteiger partial charge >= 0.3 is 0 Å². The van der Waals surface area contributed by atoms with Gasteiger partial charge in [-0.05, 0) is 37.3 Å². The van der Waals surface area contributed by atoms with Crippen molar-refractivity contribution in [1.82, 2.24) is 5.32 Å². The Balaban J connectivity index is 2.16. The molecule has 1 aliphatic rings. The van der Waals surface area contributed by atoms with Gasteiger partial charge in [-0.3, -0.25) is 9.59 Å². The van der Waals surface area contributed by atoms with E-state index in [0.717, 1.165) is 12.8 Å². The predicted molar refractivity (Wildman–Crippen MR) is 85.8 cm³/mol. The van der Waals surface area contributed by atoms with Crippen molar-refractivity contribution >= 4 is 17.5 Å². The Morgan fingerprint density at radius 3 is 2.64 bits per heavy atom. The van der Waals surface area contributed by atoms with Gasteiger partial charge in [0.05, 0.1) is 11.3 Å². The Kier molecular flexibility index (Phi) is 5.55. The maximum Gasteiger partial charge on any atom is 0.253 e. The fraction of sp³-hybridized carbons (Fsp3) is 0.529. The number of nitrogens with one attached hydrogen (secondary N) is 1. The molecule has 1 aliphatic carbocycles. The molecule has 1 unspecified atom stereocenters. The number of hydrogen-bond acceptors (Lipinski definition) is 3. The van der Waals surface area contributed by atoms with Crippen LogP contribution in [-0.4, -0.2) is 36.6 Å². The molecule has 0 radical (unpaired) electrons. The van der Waals surface area contributed by atoms with Crippen LogP contribution in [0.25, 0.3) is 0 Å². The van der Waals surface area contributed by atoms with Gasteiger partial charge in [-0.2, -0.15) is 0 Å². The average Bonchev–Trinajstić information content (AvgIpc) is 3.37. The van der Waals surface area contributed by atoms with Crippen molar-refractivity contribution in [2.45, 2.75) is 38.6 Å². The number of carbonyl (C=O) groups excluding carboxylic acids is 2. The number of para-hydroxylation sites is 1. The molecule has 1 aromatic carbocycles. The van der Waals surface area contributed by atoms with Gasteiger partial charge < -0.3 is 15.3 Å². The smallest absolute Gasteiger partial charge is 0.253 e. The molecule has 22 heavy (non-hydrogen) atoms. The van der Waals surface area contributed by atoms with Gasteiger partial charge in [-0.1, -0.05) is 19.1 Å². The van der Waals surface area contributed by atoms with Crippen LogP contribution in [-0.2, 0) is 4.79 Å². The first-order valence-electron chi connectivity index (χ1n) is 7.85. The minimum absolute atomic E-state index is 0.0118. The molecule has 2 rings (SSSR count). The summed E-state index contributed by atoms with van der Waals surface area (Å²) in [6.07, 6.45) is 3.16. The average molecular weight is 304 g/mol. The molecule has 1 aromatic rings. The van der Waals surface area contributed by atoms with E-state index >= 15 is 0 Å². The second-order valence-corrected chi connectivity index (χ2v) is 5.75. The van der Waals surface area contributed by atoms with Gasteiger partial charge in [0.1, 0.15) is 0 Å². The topological polar surface area (TPSA) is 69.6 Å². The molecule has 5 nitrogen and oxygen atoms in total. The van der Waals surface area contributed by atoms with E-state index in [-0.39, 0.29) is 24.5 Å². The van der Waals surface area contributed by atoms with Crippen molar-refractivity contribution in [2.75, 3.05) is 18.6 Å². The Morgan fingerprint density at radius 1 is 1.36 bits per heavy atom. The lowest BCUT2D eigenvalue weighted by Gasteiger charge is -2.22. The molecule has 1 fully saturated rings. The van der Waals surface area contributed by atoms with Crippen molar-refractivity contribution in [1.29, 1.82) is 0 Å². The number of aliphatic hydroxyl groups excluding tert-OH is 1. The lowest BCUT2D eigenvalue weighted by Crippen LogP contribution is -2.38. The lowest BCUT2D eigenvalue weighted by atomic mass is 10.1. The number of amides is 2. The van der Waals surface area contributed by atoms with E-state index in [2.05, 4.69) is 5.32 Å². The van der Waals surface area contributed by atoms with Crippen LogP contribution in [0.4, 0.5) is 5.69 Å². The molecule has 2 N–H and O–H groups in total. The highest BCUT2D eigenvalue weighted by Gasteiger charge is 2.32. The molecule has 120 valence electrons. The zero-order valence-electron chi connectivity index (χ0n) is 13.2. The third kappa shape index (κ3) is 3.85. The Morgan fingerprint density at radius 2 is 2.05 bits per heavy atom. The molecular weight excluding hydrogens is 280 g/mol. The van der Waals surface area contributed by atoms with Gasteiger partial charge in [-0.25, -0.2) is 0 Å². The zero-order chi connectivity index (χ0) is 16.1. The van der Waals surface area contributed by atoms with E-state index in [9.17, 15) is 9.59 Å². The summed E-state index contributed by atoms with van der Waals surface area (Å²) in [7, 11) is 1.68. The Bertz CT molecular complexity index is 540. The van der Waals surface area contributed by atoms with Crippen molar-refractivity contribution in [2.24, 2.45) is 5.92 Å². The molecule has 2 amide bonds. The van der Waals surface area contributed by atoms with Crippen LogP contribution in [0.15, 0.2) is 24.3 Å². The minimum Gasteiger partial charge on any atom is -0.396 e. The number of anilines is 1. The first-order chi connectivity index (χ1) is 10.6. The zero-order valence-corrected chi connectivity index (χ0v) is 13.2. The van der Waals surface area contributed by atoms with Crippen LogP contribution in [0.5, 0.6) is 0 Å². The number of rotatable bonds is 7. The molecule has 0 saturated heterocycles. The van der Waals surface area contributed by atoms with E-state index < -0.39 is 0 Å². The summed E-state index contributed by atoms with van der Waals surface area (Å²) >= 11 is 0. The van der Waals surface area contributed by atoms with Gasteiger partial charge in [0, 0.05) is 26.1 Å². The molecule has 1 atom stereocenters. The summed E-state index contributed by atoms with van der Waals surface area (Å²) in [5, 5.41) is 12.2. The monoisotopic (exact) mass is 304 g/mol. The summed E-state index contributed by atoms with van der Waals surface area (Å²) in [4.78, 5) is 26.0. The minimum atomic E-state index is -0.184.